The van der Waals surface area contributed by atoms with Crippen LogP contribution in [0, 0.1) is 5.92 Å². The number of morpholine rings is 1. The SMILES string of the molecule is O=C(O)CCN(Cc1cccc(-c2ccc(N3CCOCC3)c(NC(=O)c3ccccc3)c2)c1)C(=O)C1CC1. The minimum atomic E-state index is -0.914. The topological polar surface area (TPSA) is 99.2 Å². The van der Waals surface area contributed by atoms with Gasteiger partial charge in [-0.3, -0.25) is 14.4 Å². The molecule has 2 aliphatic rings. The van der Waals surface area contributed by atoms with Crippen molar-refractivity contribution in [2.45, 2.75) is 25.8 Å². The Morgan fingerprint density at radius 1 is 0.923 bits per heavy atom. The Hall–Kier alpha value is -4.17. The second-order valence-corrected chi connectivity index (χ2v) is 10.0. The fourth-order valence-corrected chi connectivity index (χ4v) is 4.84. The van der Waals surface area contributed by atoms with Gasteiger partial charge in [0.15, 0.2) is 0 Å². The van der Waals surface area contributed by atoms with Crippen molar-refractivity contribution in [3.8, 4) is 11.1 Å². The number of carbonyl (C=O) groups is 3. The van der Waals surface area contributed by atoms with E-state index in [1.54, 1.807) is 17.0 Å². The number of hydrogen-bond donors (Lipinski definition) is 2. The number of anilines is 2. The number of hydrogen-bond acceptors (Lipinski definition) is 5. The summed E-state index contributed by atoms with van der Waals surface area (Å²) in [5.74, 6) is -1.04. The Bertz CT molecular complexity index is 1330. The third-order valence-electron chi connectivity index (χ3n) is 7.10. The fourth-order valence-electron chi connectivity index (χ4n) is 4.84. The van der Waals surface area contributed by atoms with Crippen molar-refractivity contribution >= 4 is 29.2 Å². The number of carboxylic acid groups (broad SMARTS) is 1. The summed E-state index contributed by atoms with van der Waals surface area (Å²) in [4.78, 5) is 40.9. The van der Waals surface area contributed by atoms with E-state index in [0.717, 1.165) is 54.0 Å². The van der Waals surface area contributed by atoms with Crippen LogP contribution >= 0.6 is 0 Å². The molecule has 39 heavy (non-hydrogen) atoms. The average Bonchev–Trinajstić information content (AvgIpc) is 3.82. The molecular weight excluding hydrogens is 494 g/mol. The van der Waals surface area contributed by atoms with Gasteiger partial charge in [-0.2, -0.15) is 0 Å². The normalized spacial score (nSPS) is 15.0. The largest absolute Gasteiger partial charge is 0.481 e. The van der Waals surface area contributed by atoms with Crippen molar-refractivity contribution in [3.63, 3.8) is 0 Å². The third-order valence-corrected chi connectivity index (χ3v) is 7.10. The van der Waals surface area contributed by atoms with Crippen molar-refractivity contribution < 1.29 is 24.2 Å². The lowest BCUT2D eigenvalue weighted by Gasteiger charge is -2.31. The molecule has 2 amide bonds. The van der Waals surface area contributed by atoms with Crippen molar-refractivity contribution in [2.24, 2.45) is 5.92 Å². The summed E-state index contributed by atoms with van der Waals surface area (Å²) < 4.78 is 5.53. The van der Waals surface area contributed by atoms with Gasteiger partial charge in [0.05, 0.1) is 31.0 Å². The Labute approximate surface area is 228 Å². The predicted molar refractivity (Wildman–Crippen MR) is 150 cm³/mol. The Kier molecular flexibility index (Phi) is 8.22. The molecule has 3 aromatic carbocycles. The lowest BCUT2D eigenvalue weighted by molar-refractivity contribution is -0.139. The molecule has 5 rings (SSSR count). The van der Waals surface area contributed by atoms with Gasteiger partial charge in [-0.15, -0.1) is 0 Å². The molecular formula is C31H33N3O5. The van der Waals surface area contributed by atoms with E-state index in [4.69, 9.17) is 9.84 Å². The zero-order valence-electron chi connectivity index (χ0n) is 21.8. The van der Waals surface area contributed by atoms with Gasteiger partial charge in [-0.25, -0.2) is 0 Å². The summed E-state index contributed by atoms with van der Waals surface area (Å²) in [6, 6.07) is 23.1. The van der Waals surface area contributed by atoms with Crippen molar-refractivity contribution in [1.82, 2.24) is 4.90 Å². The van der Waals surface area contributed by atoms with Crippen LogP contribution < -0.4 is 10.2 Å². The molecule has 202 valence electrons. The maximum atomic E-state index is 13.1. The van der Waals surface area contributed by atoms with E-state index < -0.39 is 5.97 Å². The van der Waals surface area contributed by atoms with Gasteiger partial charge >= 0.3 is 5.97 Å². The number of carbonyl (C=O) groups excluding carboxylic acids is 2. The van der Waals surface area contributed by atoms with Crippen LogP contribution in [0.3, 0.4) is 0 Å². The summed E-state index contributed by atoms with van der Waals surface area (Å²) >= 11 is 0. The Balaban J connectivity index is 1.41. The minimum absolute atomic E-state index is 0.0190. The molecule has 0 unspecified atom stereocenters. The smallest absolute Gasteiger partial charge is 0.305 e. The lowest BCUT2D eigenvalue weighted by Crippen LogP contribution is -2.36. The van der Waals surface area contributed by atoms with Crippen LogP contribution in [0.4, 0.5) is 11.4 Å². The first kappa shape index (κ1) is 26.4. The summed E-state index contributed by atoms with van der Waals surface area (Å²) in [5, 5.41) is 12.3. The highest BCUT2D eigenvalue weighted by molar-refractivity contribution is 6.06. The van der Waals surface area contributed by atoms with E-state index in [1.807, 2.05) is 60.7 Å². The Morgan fingerprint density at radius 3 is 2.38 bits per heavy atom. The molecule has 1 heterocycles. The van der Waals surface area contributed by atoms with Gasteiger partial charge in [0.25, 0.3) is 5.91 Å². The highest BCUT2D eigenvalue weighted by Crippen LogP contribution is 2.34. The number of aliphatic carboxylic acids is 1. The third kappa shape index (κ3) is 6.83. The van der Waals surface area contributed by atoms with Gasteiger partial charge in [0, 0.05) is 37.7 Å². The molecule has 0 atom stereocenters. The first-order valence-electron chi connectivity index (χ1n) is 13.4. The van der Waals surface area contributed by atoms with Crippen LogP contribution in [0.2, 0.25) is 0 Å². The molecule has 1 saturated carbocycles. The van der Waals surface area contributed by atoms with Crippen LogP contribution in [0.25, 0.3) is 11.1 Å². The predicted octanol–water partition coefficient (Wildman–Crippen LogP) is 4.66. The van der Waals surface area contributed by atoms with Gasteiger partial charge in [0.1, 0.15) is 0 Å². The monoisotopic (exact) mass is 527 g/mol. The second kappa shape index (κ2) is 12.1. The second-order valence-electron chi connectivity index (χ2n) is 10.0. The zero-order valence-corrected chi connectivity index (χ0v) is 21.8. The molecule has 0 spiro atoms. The molecule has 1 saturated heterocycles. The quantitative estimate of drug-likeness (QED) is 0.398. The van der Waals surface area contributed by atoms with Crippen molar-refractivity contribution in [3.05, 3.63) is 83.9 Å². The fraction of sp³-hybridized carbons (Fsp3) is 0.323. The highest BCUT2D eigenvalue weighted by Gasteiger charge is 2.33. The molecule has 0 aromatic heterocycles. The average molecular weight is 528 g/mol. The molecule has 8 nitrogen and oxygen atoms in total. The molecule has 3 aromatic rings. The van der Waals surface area contributed by atoms with E-state index in [9.17, 15) is 14.4 Å². The number of rotatable bonds is 10. The number of nitrogens with one attached hydrogen (secondary N) is 1. The van der Waals surface area contributed by atoms with E-state index in [1.165, 1.54) is 0 Å². The van der Waals surface area contributed by atoms with E-state index >= 15 is 0 Å². The summed E-state index contributed by atoms with van der Waals surface area (Å²) in [5.41, 5.74) is 5.06. The molecule has 1 aliphatic carbocycles. The number of nitrogens with zero attached hydrogens (tertiary/aromatic N) is 2. The molecule has 8 heteroatoms. The van der Waals surface area contributed by atoms with E-state index in [2.05, 4.69) is 10.2 Å². The molecule has 0 bridgehead atoms. The van der Waals surface area contributed by atoms with Gasteiger partial charge in [-0.1, -0.05) is 42.5 Å². The Morgan fingerprint density at radius 2 is 1.67 bits per heavy atom. The van der Waals surface area contributed by atoms with Crippen LogP contribution in [-0.4, -0.2) is 60.6 Å². The van der Waals surface area contributed by atoms with E-state index in [0.29, 0.717) is 25.3 Å². The summed E-state index contributed by atoms with van der Waals surface area (Å²) in [6.45, 7) is 3.30. The number of carboxylic acids is 1. The van der Waals surface area contributed by atoms with Crippen molar-refractivity contribution in [2.75, 3.05) is 43.1 Å². The van der Waals surface area contributed by atoms with Crippen LogP contribution in [0.15, 0.2) is 72.8 Å². The maximum Gasteiger partial charge on any atom is 0.305 e. The maximum absolute atomic E-state index is 13.1. The van der Waals surface area contributed by atoms with Gasteiger partial charge in [-0.05, 0) is 59.9 Å². The highest BCUT2D eigenvalue weighted by atomic mass is 16.5. The molecule has 2 fully saturated rings. The molecule has 1 aliphatic heterocycles. The van der Waals surface area contributed by atoms with Gasteiger partial charge in [0.2, 0.25) is 5.91 Å². The first-order valence-corrected chi connectivity index (χ1v) is 13.4. The number of amides is 2. The van der Waals surface area contributed by atoms with Crippen molar-refractivity contribution in [1.29, 1.82) is 0 Å². The first-order chi connectivity index (χ1) is 19.0. The molecule has 2 N–H and O–H groups in total. The number of ether oxygens (including phenoxy) is 1. The number of benzene rings is 3. The van der Waals surface area contributed by atoms with Gasteiger partial charge < -0.3 is 25.0 Å². The minimum Gasteiger partial charge on any atom is -0.481 e. The summed E-state index contributed by atoms with van der Waals surface area (Å²) in [6.07, 6.45) is 1.66. The zero-order chi connectivity index (χ0) is 27.2. The standard InChI is InChI=1S/C31H33N3O5/c35-29(36)13-14-34(31(38)24-9-10-24)21-22-5-4-8-25(19-22)26-11-12-28(33-15-17-39-18-16-33)27(20-26)32-30(37)23-6-2-1-3-7-23/h1-8,11-12,19-20,24H,9-10,13-18,21H2,(H,32,37)(H,35,36). The summed E-state index contributed by atoms with van der Waals surface area (Å²) in [7, 11) is 0. The lowest BCUT2D eigenvalue weighted by atomic mass is 10.0. The van der Waals surface area contributed by atoms with E-state index in [-0.39, 0.29) is 30.7 Å². The van der Waals surface area contributed by atoms with Crippen LogP contribution in [0.1, 0.15) is 35.2 Å². The molecule has 0 radical (unpaired) electrons. The van der Waals surface area contributed by atoms with Crippen LogP contribution in [-0.2, 0) is 20.9 Å². The van der Waals surface area contributed by atoms with Crippen LogP contribution in [0.5, 0.6) is 0 Å².